The summed E-state index contributed by atoms with van der Waals surface area (Å²) in [5.41, 5.74) is -0.436. The zero-order valence-corrected chi connectivity index (χ0v) is 13.4. The number of piperidine rings is 1. The highest BCUT2D eigenvalue weighted by Gasteiger charge is 2.43. The Bertz CT molecular complexity index is 334. The number of hydrogen-bond donors (Lipinski definition) is 1. The summed E-state index contributed by atoms with van der Waals surface area (Å²) in [6.07, 6.45) is 7.50. The van der Waals surface area contributed by atoms with Crippen molar-refractivity contribution >= 4 is 5.97 Å². The van der Waals surface area contributed by atoms with Crippen LogP contribution in [0.2, 0.25) is 0 Å². The van der Waals surface area contributed by atoms with E-state index in [1.54, 1.807) is 0 Å². The maximum Gasteiger partial charge on any atom is 0.309 e. The highest BCUT2D eigenvalue weighted by molar-refractivity contribution is 5.74. The molecule has 0 aromatic carbocycles. The number of carbonyl (C=O) groups is 1. The molecule has 1 aliphatic carbocycles. The second-order valence-electron chi connectivity index (χ2n) is 7.21. The highest BCUT2D eigenvalue weighted by Crippen LogP contribution is 2.40. The van der Waals surface area contributed by atoms with Crippen LogP contribution >= 0.6 is 0 Å². The topological polar surface area (TPSA) is 40.5 Å². The van der Waals surface area contributed by atoms with Crippen LogP contribution in [0.5, 0.6) is 0 Å². The monoisotopic (exact) mass is 281 g/mol. The third kappa shape index (κ3) is 3.03. The van der Waals surface area contributed by atoms with Crippen molar-refractivity contribution in [2.75, 3.05) is 13.1 Å². The van der Waals surface area contributed by atoms with Gasteiger partial charge in [-0.05, 0) is 50.6 Å². The Morgan fingerprint density at radius 2 is 1.90 bits per heavy atom. The lowest BCUT2D eigenvalue weighted by atomic mass is 9.72. The molecule has 2 rings (SSSR count). The molecule has 0 aromatic heterocycles. The van der Waals surface area contributed by atoms with Crippen molar-refractivity contribution < 1.29 is 9.90 Å². The average molecular weight is 281 g/mol. The van der Waals surface area contributed by atoms with Crippen LogP contribution in [0.25, 0.3) is 0 Å². The number of carboxylic acids is 1. The second-order valence-corrected chi connectivity index (χ2v) is 7.21. The van der Waals surface area contributed by atoms with E-state index in [1.807, 2.05) is 0 Å². The largest absolute Gasteiger partial charge is 0.481 e. The minimum absolute atomic E-state index is 0.436. The minimum Gasteiger partial charge on any atom is -0.481 e. The molecule has 1 heterocycles. The van der Waals surface area contributed by atoms with Crippen LogP contribution in [0.3, 0.4) is 0 Å². The van der Waals surface area contributed by atoms with E-state index in [1.165, 1.54) is 19.3 Å². The summed E-state index contributed by atoms with van der Waals surface area (Å²) < 4.78 is 0. The fourth-order valence-electron chi connectivity index (χ4n) is 4.40. The van der Waals surface area contributed by atoms with Gasteiger partial charge in [0.05, 0.1) is 5.41 Å². The lowest BCUT2D eigenvalue weighted by molar-refractivity contribution is -0.153. The van der Waals surface area contributed by atoms with Crippen LogP contribution in [0.1, 0.15) is 65.7 Å². The third-order valence-corrected chi connectivity index (χ3v) is 6.07. The lowest BCUT2D eigenvalue weighted by Crippen LogP contribution is -2.51. The molecule has 0 spiro atoms. The molecule has 1 aliphatic heterocycles. The number of aliphatic carboxylic acids is 1. The summed E-state index contributed by atoms with van der Waals surface area (Å²) in [5.74, 6) is 1.01. The van der Waals surface area contributed by atoms with Gasteiger partial charge < -0.3 is 10.0 Å². The Kier molecular flexibility index (Phi) is 5.11. The first-order valence-electron chi connectivity index (χ1n) is 8.47. The highest BCUT2D eigenvalue weighted by atomic mass is 16.4. The first-order chi connectivity index (χ1) is 9.50. The van der Waals surface area contributed by atoms with Crippen molar-refractivity contribution in [1.29, 1.82) is 0 Å². The molecule has 3 nitrogen and oxygen atoms in total. The van der Waals surface area contributed by atoms with E-state index >= 15 is 0 Å². The molecule has 0 aromatic rings. The van der Waals surface area contributed by atoms with Crippen LogP contribution in [0.15, 0.2) is 0 Å². The van der Waals surface area contributed by atoms with Crippen LogP contribution in [-0.2, 0) is 4.79 Å². The summed E-state index contributed by atoms with van der Waals surface area (Å²) in [6, 6.07) is 0.687. The summed E-state index contributed by atoms with van der Waals surface area (Å²) >= 11 is 0. The molecule has 1 saturated carbocycles. The smallest absolute Gasteiger partial charge is 0.309 e. The molecule has 0 amide bonds. The second kappa shape index (κ2) is 6.46. The quantitative estimate of drug-likeness (QED) is 0.852. The normalized spacial score (nSPS) is 34.9. The van der Waals surface area contributed by atoms with Crippen molar-refractivity contribution in [3.8, 4) is 0 Å². The molecule has 116 valence electrons. The molecule has 0 bridgehead atoms. The van der Waals surface area contributed by atoms with Crippen molar-refractivity contribution in [1.82, 2.24) is 4.90 Å². The van der Waals surface area contributed by atoms with Crippen LogP contribution in [-0.4, -0.2) is 35.1 Å². The van der Waals surface area contributed by atoms with Gasteiger partial charge in [0.1, 0.15) is 0 Å². The molecule has 2 fully saturated rings. The van der Waals surface area contributed by atoms with Gasteiger partial charge in [-0.15, -0.1) is 0 Å². The molecular formula is C17H31NO2. The Hall–Kier alpha value is -0.570. The van der Waals surface area contributed by atoms with Crippen LogP contribution < -0.4 is 0 Å². The van der Waals surface area contributed by atoms with E-state index < -0.39 is 11.4 Å². The maximum atomic E-state index is 11.6. The van der Waals surface area contributed by atoms with Gasteiger partial charge in [0.25, 0.3) is 0 Å². The third-order valence-electron chi connectivity index (χ3n) is 6.07. The summed E-state index contributed by atoms with van der Waals surface area (Å²) in [6.45, 7) is 8.82. The zero-order chi connectivity index (χ0) is 14.8. The Labute approximate surface area is 123 Å². The number of likely N-dealkylation sites (tertiary alicyclic amines) is 1. The number of carboxylic acid groups (broad SMARTS) is 1. The summed E-state index contributed by atoms with van der Waals surface area (Å²) in [7, 11) is 0. The van der Waals surface area contributed by atoms with Gasteiger partial charge in [-0.2, -0.15) is 0 Å². The molecule has 1 N–H and O–H groups in total. The summed E-state index contributed by atoms with van der Waals surface area (Å²) in [4.78, 5) is 14.2. The van der Waals surface area contributed by atoms with E-state index in [2.05, 4.69) is 25.7 Å². The fraction of sp³-hybridized carbons (Fsp3) is 0.941. The molecular weight excluding hydrogens is 250 g/mol. The molecule has 3 heteroatoms. The van der Waals surface area contributed by atoms with Gasteiger partial charge in [-0.25, -0.2) is 0 Å². The number of nitrogens with zero attached hydrogens (tertiary/aromatic N) is 1. The predicted molar refractivity (Wildman–Crippen MR) is 81.8 cm³/mol. The Balaban J connectivity index is 1.98. The minimum atomic E-state index is -0.566. The molecule has 0 radical (unpaired) electrons. The molecule has 3 atom stereocenters. The Morgan fingerprint density at radius 1 is 1.25 bits per heavy atom. The lowest BCUT2D eigenvalue weighted by Gasteiger charge is -2.47. The maximum absolute atomic E-state index is 11.6. The first kappa shape index (κ1) is 15.8. The van der Waals surface area contributed by atoms with E-state index in [-0.39, 0.29) is 0 Å². The van der Waals surface area contributed by atoms with E-state index in [0.29, 0.717) is 6.04 Å². The molecule has 1 saturated heterocycles. The SMILES string of the molecule is CCCC1(C(=O)O)CCN(C2CCCC(C)C2C)CC1. The number of rotatable bonds is 4. The standard InChI is InChI=1S/C17H31NO2/c1-4-8-17(16(19)20)9-11-18(12-10-17)15-7-5-6-13(2)14(15)3/h13-15H,4-12H2,1-3H3,(H,19,20). The van der Waals surface area contributed by atoms with Gasteiger partial charge in [0.15, 0.2) is 0 Å². The average Bonchev–Trinajstić information content (AvgIpc) is 2.43. The fourth-order valence-corrected chi connectivity index (χ4v) is 4.40. The first-order valence-corrected chi connectivity index (χ1v) is 8.47. The Morgan fingerprint density at radius 3 is 2.45 bits per heavy atom. The predicted octanol–water partition coefficient (Wildman–Crippen LogP) is 3.78. The summed E-state index contributed by atoms with van der Waals surface area (Å²) in [5, 5.41) is 9.59. The van der Waals surface area contributed by atoms with Crippen molar-refractivity contribution in [2.45, 2.75) is 71.8 Å². The van der Waals surface area contributed by atoms with Gasteiger partial charge in [0, 0.05) is 6.04 Å². The van der Waals surface area contributed by atoms with Crippen LogP contribution in [0, 0.1) is 17.3 Å². The number of hydrogen-bond acceptors (Lipinski definition) is 2. The van der Waals surface area contributed by atoms with E-state index in [4.69, 9.17) is 0 Å². The van der Waals surface area contributed by atoms with E-state index in [0.717, 1.165) is 50.6 Å². The zero-order valence-electron chi connectivity index (χ0n) is 13.4. The molecule has 20 heavy (non-hydrogen) atoms. The molecule has 3 unspecified atom stereocenters. The molecule has 2 aliphatic rings. The van der Waals surface area contributed by atoms with Gasteiger partial charge in [-0.3, -0.25) is 4.79 Å². The van der Waals surface area contributed by atoms with Gasteiger partial charge in [0.2, 0.25) is 0 Å². The van der Waals surface area contributed by atoms with Crippen molar-refractivity contribution in [3.63, 3.8) is 0 Å². The van der Waals surface area contributed by atoms with Crippen molar-refractivity contribution in [3.05, 3.63) is 0 Å². The van der Waals surface area contributed by atoms with Crippen molar-refractivity contribution in [2.24, 2.45) is 17.3 Å². The van der Waals surface area contributed by atoms with Crippen LogP contribution in [0.4, 0.5) is 0 Å². The van der Waals surface area contributed by atoms with Gasteiger partial charge in [-0.1, -0.05) is 40.0 Å². The van der Waals surface area contributed by atoms with Gasteiger partial charge >= 0.3 is 5.97 Å². The van der Waals surface area contributed by atoms with E-state index in [9.17, 15) is 9.90 Å².